The summed E-state index contributed by atoms with van der Waals surface area (Å²) in [6.45, 7) is 2.33. The molecule has 0 aromatic heterocycles. The van der Waals surface area contributed by atoms with Gasteiger partial charge in [0, 0.05) is 19.3 Å². The molecule has 0 radical (unpaired) electrons. The third kappa shape index (κ3) is 12.7. The molecule has 0 amide bonds. The molecular formula is C23H36O3. The second-order valence-electron chi connectivity index (χ2n) is 7.04. The number of benzene rings is 1. The van der Waals surface area contributed by atoms with Crippen molar-refractivity contribution >= 4 is 11.8 Å². The molecule has 0 saturated heterocycles. The highest BCUT2D eigenvalue weighted by molar-refractivity contribution is 5.80. The van der Waals surface area contributed by atoms with Crippen molar-refractivity contribution in [1.29, 1.82) is 0 Å². The fourth-order valence-corrected chi connectivity index (χ4v) is 3.15. The van der Waals surface area contributed by atoms with Crippen LogP contribution >= 0.6 is 0 Å². The van der Waals surface area contributed by atoms with Crippen LogP contribution in [-0.2, 0) is 20.7 Å². The largest absolute Gasteiger partial charge is 0.466 e. The van der Waals surface area contributed by atoms with Crippen LogP contribution in [0.2, 0.25) is 0 Å². The molecule has 1 aromatic carbocycles. The van der Waals surface area contributed by atoms with E-state index in [9.17, 15) is 9.59 Å². The van der Waals surface area contributed by atoms with Crippen molar-refractivity contribution in [1.82, 2.24) is 0 Å². The quantitative estimate of drug-likeness (QED) is 0.266. The molecule has 0 unspecified atom stereocenters. The summed E-state index contributed by atoms with van der Waals surface area (Å²) >= 11 is 0. The zero-order valence-electron chi connectivity index (χ0n) is 16.5. The molecule has 26 heavy (non-hydrogen) atoms. The molecule has 3 nitrogen and oxygen atoms in total. The Morgan fingerprint density at radius 3 is 1.77 bits per heavy atom. The topological polar surface area (TPSA) is 43.4 Å². The number of carbonyl (C=O) groups is 2. The molecule has 0 bridgehead atoms. The van der Waals surface area contributed by atoms with Crippen LogP contribution in [0.15, 0.2) is 30.3 Å². The lowest BCUT2D eigenvalue weighted by Crippen LogP contribution is -2.03. The maximum absolute atomic E-state index is 11.9. The van der Waals surface area contributed by atoms with Crippen molar-refractivity contribution in [2.75, 3.05) is 6.61 Å². The van der Waals surface area contributed by atoms with Crippen LogP contribution in [0.1, 0.15) is 89.5 Å². The Morgan fingerprint density at radius 1 is 0.731 bits per heavy atom. The standard InChI is InChI=1S/C23H36O3/c1-2-26-23(25)19-15-10-8-6-4-3-5-7-9-14-18-22(24)20-21-16-12-11-13-17-21/h11-13,16-17H,2-10,14-15,18-20H2,1H3. The van der Waals surface area contributed by atoms with Crippen LogP contribution in [0, 0.1) is 0 Å². The minimum Gasteiger partial charge on any atom is -0.466 e. The average Bonchev–Trinajstić information content (AvgIpc) is 2.63. The maximum Gasteiger partial charge on any atom is 0.305 e. The summed E-state index contributed by atoms with van der Waals surface area (Å²) in [5.41, 5.74) is 1.12. The van der Waals surface area contributed by atoms with E-state index in [1.165, 1.54) is 44.9 Å². The van der Waals surface area contributed by atoms with Gasteiger partial charge in [-0.2, -0.15) is 0 Å². The molecule has 1 rings (SSSR count). The Morgan fingerprint density at radius 2 is 1.23 bits per heavy atom. The predicted octanol–water partition coefficient (Wildman–Crippen LogP) is 6.04. The minimum absolute atomic E-state index is 0.0604. The summed E-state index contributed by atoms with van der Waals surface area (Å²) < 4.78 is 4.92. The molecule has 1 aromatic rings. The first kappa shape index (κ1) is 22.4. The van der Waals surface area contributed by atoms with Gasteiger partial charge >= 0.3 is 5.97 Å². The number of hydrogen-bond donors (Lipinski definition) is 0. The lowest BCUT2D eigenvalue weighted by atomic mass is 10.0. The number of esters is 1. The molecule has 0 aliphatic carbocycles. The van der Waals surface area contributed by atoms with Gasteiger partial charge in [-0.25, -0.2) is 0 Å². The number of rotatable bonds is 16. The average molecular weight is 361 g/mol. The molecule has 146 valence electrons. The van der Waals surface area contributed by atoms with Gasteiger partial charge in [-0.05, 0) is 25.3 Å². The zero-order chi connectivity index (χ0) is 18.9. The Kier molecular flexibility index (Phi) is 13.4. The number of carbonyl (C=O) groups excluding carboxylic acids is 2. The highest BCUT2D eigenvalue weighted by atomic mass is 16.5. The molecule has 0 spiro atoms. The first-order valence-electron chi connectivity index (χ1n) is 10.4. The summed E-state index contributed by atoms with van der Waals surface area (Å²) in [6.07, 6.45) is 13.7. The number of unbranched alkanes of at least 4 members (excludes halogenated alkanes) is 9. The Balaban J connectivity index is 1.82. The van der Waals surface area contributed by atoms with Crippen LogP contribution < -0.4 is 0 Å². The summed E-state index contributed by atoms with van der Waals surface area (Å²) in [5, 5.41) is 0. The fourth-order valence-electron chi connectivity index (χ4n) is 3.15. The van der Waals surface area contributed by atoms with Crippen molar-refractivity contribution in [3.8, 4) is 0 Å². The second-order valence-corrected chi connectivity index (χ2v) is 7.04. The number of ketones is 1. The number of Topliss-reactive ketones (excluding diaryl/α,β-unsaturated/α-hetero) is 1. The molecule has 3 heteroatoms. The minimum atomic E-state index is -0.0604. The van der Waals surface area contributed by atoms with E-state index in [1.54, 1.807) is 0 Å². The normalized spacial score (nSPS) is 10.7. The van der Waals surface area contributed by atoms with Crippen molar-refractivity contribution in [2.45, 2.75) is 90.4 Å². The summed E-state index contributed by atoms with van der Waals surface area (Å²) in [6, 6.07) is 10.0. The molecule has 0 heterocycles. The van der Waals surface area contributed by atoms with Gasteiger partial charge in [0.1, 0.15) is 5.78 Å². The smallest absolute Gasteiger partial charge is 0.305 e. The summed E-state index contributed by atoms with van der Waals surface area (Å²) in [5.74, 6) is 0.300. The fraction of sp³-hybridized carbons (Fsp3) is 0.652. The van der Waals surface area contributed by atoms with Gasteiger partial charge in [0.2, 0.25) is 0 Å². The van der Waals surface area contributed by atoms with Crippen molar-refractivity contribution in [2.24, 2.45) is 0 Å². The molecule has 0 aliphatic heterocycles. The lowest BCUT2D eigenvalue weighted by Gasteiger charge is -2.04. The SMILES string of the molecule is CCOC(=O)CCCCCCCCCCCCC(=O)Cc1ccccc1. The van der Waals surface area contributed by atoms with E-state index in [2.05, 4.69) is 0 Å². The van der Waals surface area contributed by atoms with Crippen molar-refractivity contribution < 1.29 is 14.3 Å². The van der Waals surface area contributed by atoms with Crippen molar-refractivity contribution in [3.05, 3.63) is 35.9 Å². The molecule has 0 aliphatic rings. The van der Waals surface area contributed by atoms with Gasteiger partial charge < -0.3 is 4.74 Å². The number of ether oxygens (including phenoxy) is 1. The van der Waals surface area contributed by atoms with E-state index < -0.39 is 0 Å². The van der Waals surface area contributed by atoms with Gasteiger partial charge in [-0.1, -0.05) is 81.7 Å². The van der Waals surface area contributed by atoms with Gasteiger partial charge in [-0.3, -0.25) is 9.59 Å². The van der Waals surface area contributed by atoms with E-state index >= 15 is 0 Å². The van der Waals surface area contributed by atoms with E-state index in [0.29, 0.717) is 25.2 Å². The van der Waals surface area contributed by atoms with Crippen LogP contribution in [0.5, 0.6) is 0 Å². The first-order chi connectivity index (χ1) is 12.7. The van der Waals surface area contributed by atoms with Gasteiger partial charge in [0.05, 0.1) is 6.61 Å². The molecular weight excluding hydrogens is 324 g/mol. The van der Waals surface area contributed by atoms with Crippen LogP contribution in [0.3, 0.4) is 0 Å². The van der Waals surface area contributed by atoms with E-state index in [1.807, 2.05) is 37.3 Å². The third-order valence-corrected chi connectivity index (χ3v) is 4.64. The monoisotopic (exact) mass is 360 g/mol. The second kappa shape index (κ2) is 15.6. The Hall–Kier alpha value is -1.64. The first-order valence-corrected chi connectivity index (χ1v) is 10.4. The van der Waals surface area contributed by atoms with E-state index in [-0.39, 0.29) is 5.97 Å². The molecule has 0 fully saturated rings. The van der Waals surface area contributed by atoms with Crippen LogP contribution in [0.4, 0.5) is 0 Å². The summed E-state index contributed by atoms with van der Waals surface area (Å²) in [7, 11) is 0. The predicted molar refractivity (Wildman–Crippen MR) is 107 cm³/mol. The Bertz CT molecular complexity index is 481. The Labute approximate surface area is 159 Å². The maximum atomic E-state index is 11.9. The van der Waals surface area contributed by atoms with Crippen LogP contribution in [0.25, 0.3) is 0 Å². The van der Waals surface area contributed by atoms with Crippen LogP contribution in [-0.4, -0.2) is 18.4 Å². The lowest BCUT2D eigenvalue weighted by molar-refractivity contribution is -0.143. The highest BCUT2D eigenvalue weighted by Crippen LogP contribution is 2.13. The molecule has 0 atom stereocenters. The van der Waals surface area contributed by atoms with Gasteiger partial charge in [0.25, 0.3) is 0 Å². The molecule has 0 saturated carbocycles. The molecule has 0 N–H and O–H groups in total. The third-order valence-electron chi connectivity index (χ3n) is 4.64. The summed E-state index contributed by atoms with van der Waals surface area (Å²) in [4.78, 5) is 23.1. The van der Waals surface area contributed by atoms with E-state index in [0.717, 1.165) is 31.2 Å². The van der Waals surface area contributed by atoms with Gasteiger partial charge in [-0.15, -0.1) is 0 Å². The zero-order valence-corrected chi connectivity index (χ0v) is 16.5. The van der Waals surface area contributed by atoms with Crippen molar-refractivity contribution in [3.63, 3.8) is 0 Å². The number of hydrogen-bond acceptors (Lipinski definition) is 3. The highest BCUT2D eigenvalue weighted by Gasteiger charge is 2.03. The van der Waals surface area contributed by atoms with E-state index in [4.69, 9.17) is 4.74 Å². The van der Waals surface area contributed by atoms with Gasteiger partial charge in [0.15, 0.2) is 0 Å².